The van der Waals surface area contributed by atoms with Gasteiger partial charge < -0.3 is 10.3 Å². The topological polar surface area (TPSA) is 116 Å². The van der Waals surface area contributed by atoms with Crippen molar-refractivity contribution in [1.82, 2.24) is 24.5 Å². The first-order valence-corrected chi connectivity index (χ1v) is 7.75. The summed E-state index contributed by atoms with van der Waals surface area (Å²) in [4.78, 5) is 3.90. The average molecular weight is 302 g/mol. The van der Waals surface area contributed by atoms with Crippen LogP contribution in [0.4, 0.5) is 5.13 Å². The third kappa shape index (κ3) is 3.08. The van der Waals surface area contributed by atoms with E-state index in [1.807, 2.05) is 0 Å². The number of aromatic nitrogens is 4. The van der Waals surface area contributed by atoms with Crippen LogP contribution in [0.5, 0.6) is 0 Å². The molecule has 2 aromatic heterocycles. The second-order valence-corrected chi connectivity index (χ2v) is 6.92. The van der Waals surface area contributed by atoms with Crippen molar-refractivity contribution in [2.75, 3.05) is 12.3 Å². The predicted molar refractivity (Wildman–Crippen MR) is 71.2 cm³/mol. The molecule has 0 atom stereocenters. The van der Waals surface area contributed by atoms with Crippen LogP contribution in [0.2, 0.25) is 0 Å². The molecular weight excluding hydrogens is 288 g/mol. The highest BCUT2D eigenvalue weighted by atomic mass is 32.2. The summed E-state index contributed by atoms with van der Waals surface area (Å²) in [6.45, 7) is 1.86. The largest absolute Gasteiger partial charge is 0.375 e. The van der Waals surface area contributed by atoms with Gasteiger partial charge in [0.15, 0.2) is 9.34 Å². The fraction of sp³-hybridized carbons (Fsp3) is 0.444. The molecule has 0 bridgehead atoms. The maximum atomic E-state index is 12.0. The van der Waals surface area contributed by atoms with E-state index in [1.54, 1.807) is 24.9 Å². The summed E-state index contributed by atoms with van der Waals surface area (Å²) >= 11 is 0.955. The van der Waals surface area contributed by atoms with Gasteiger partial charge in [-0.1, -0.05) is 11.3 Å². The Morgan fingerprint density at radius 2 is 2.26 bits per heavy atom. The molecule has 0 amide bonds. The van der Waals surface area contributed by atoms with Crippen LogP contribution in [-0.2, 0) is 23.5 Å². The molecule has 2 heterocycles. The van der Waals surface area contributed by atoms with Crippen molar-refractivity contribution in [2.24, 2.45) is 7.05 Å². The summed E-state index contributed by atoms with van der Waals surface area (Å²) in [5.74, 6) is 0.711. The minimum Gasteiger partial charge on any atom is -0.375 e. The normalized spacial score (nSPS) is 11.9. The lowest BCUT2D eigenvalue weighted by Gasteiger charge is -2.04. The Hall–Kier alpha value is -1.52. The van der Waals surface area contributed by atoms with E-state index in [1.165, 1.54) is 0 Å². The number of nitrogens with two attached hydrogens (primary N) is 1. The molecule has 8 nitrogen and oxygen atoms in total. The van der Waals surface area contributed by atoms with E-state index in [9.17, 15) is 8.42 Å². The molecule has 0 fully saturated rings. The minimum atomic E-state index is -3.57. The second kappa shape index (κ2) is 5.23. The number of hydrogen-bond acceptors (Lipinski definition) is 7. The summed E-state index contributed by atoms with van der Waals surface area (Å²) in [7, 11) is -1.76. The summed E-state index contributed by atoms with van der Waals surface area (Å²) in [6, 6.07) is 0. The molecule has 0 unspecified atom stereocenters. The molecule has 0 aliphatic rings. The van der Waals surface area contributed by atoms with Gasteiger partial charge in [0.1, 0.15) is 12.2 Å². The molecule has 0 aliphatic heterocycles. The molecule has 19 heavy (non-hydrogen) atoms. The Balaban J connectivity index is 2.03. The second-order valence-electron chi connectivity index (χ2n) is 3.93. The van der Waals surface area contributed by atoms with E-state index >= 15 is 0 Å². The standard InChI is InChI=1S/C9H14N6O2S2/c1-6-8(18-9(10)13-6)19(16,17)12-4-3-7-14-11-5-15(7)2/h5,12H,3-4H2,1-2H3,(H2,10,13). The molecule has 2 aromatic rings. The molecule has 0 aliphatic carbocycles. The zero-order valence-electron chi connectivity index (χ0n) is 10.5. The highest BCUT2D eigenvalue weighted by molar-refractivity contribution is 7.91. The summed E-state index contributed by atoms with van der Waals surface area (Å²) in [5, 5.41) is 7.84. The fourth-order valence-electron chi connectivity index (χ4n) is 1.55. The van der Waals surface area contributed by atoms with Crippen molar-refractivity contribution in [2.45, 2.75) is 17.6 Å². The van der Waals surface area contributed by atoms with Gasteiger partial charge in [-0.15, -0.1) is 10.2 Å². The maximum Gasteiger partial charge on any atom is 0.252 e. The SMILES string of the molecule is Cc1nc(N)sc1S(=O)(=O)NCCc1nncn1C. The Labute approximate surface area is 114 Å². The van der Waals surface area contributed by atoms with Crippen LogP contribution >= 0.6 is 11.3 Å². The maximum absolute atomic E-state index is 12.0. The van der Waals surface area contributed by atoms with E-state index in [4.69, 9.17) is 5.73 Å². The number of nitrogens with one attached hydrogen (secondary N) is 1. The van der Waals surface area contributed by atoms with Gasteiger partial charge in [-0.2, -0.15) is 0 Å². The van der Waals surface area contributed by atoms with Crippen molar-refractivity contribution < 1.29 is 8.42 Å². The van der Waals surface area contributed by atoms with Crippen molar-refractivity contribution in [3.8, 4) is 0 Å². The molecule has 0 spiro atoms. The van der Waals surface area contributed by atoms with E-state index in [0.717, 1.165) is 11.3 Å². The monoisotopic (exact) mass is 302 g/mol. The van der Waals surface area contributed by atoms with Crippen molar-refractivity contribution >= 4 is 26.5 Å². The first kappa shape index (κ1) is 13.9. The predicted octanol–water partition coefficient (Wildman–Crippen LogP) is -0.317. The van der Waals surface area contributed by atoms with Crippen LogP contribution in [0, 0.1) is 6.92 Å². The third-order valence-corrected chi connectivity index (χ3v) is 5.52. The number of nitrogens with zero attached hydrogens (tertiary/aromatic N) is 4. The van der Waals surface area contributed by atoms with Crippen LogP contribution in [-0.4, -0.2) is 34.7 Å². The van der Waals surface area contributed by atoms with Gasteiger partial charge in [-0.05, 0) is 6.92 Å². The van der Waals surface area contributed by atoms with Crippen LogP contribution in [0.1, 0.15) is 11.5 Å². The Bertz CT molecular complexity index is 675. The number of anilines is 1. The van der Waals surface area contributed by atoms with Gasteiger partial charge in [-0.25, -0.2) is 18.1 Å². The van der Waals surface area contributed by atoms with E-state index in [-0.39, 0.29) is 15.9 Å². The zero-order valence-corrected chi connectivity index (χ0v) is 12.1. The number of aryl methyl sites for hydroxylation is 2. The molecule has 0 aromatic carbocycles. The van der Waals surface area contributed by atoms with Crippen molar-refractivity contribution in [1.29, 1.82) is 0 Å². The fourth-order valence-corrected chi connectivity index (χ4v) is 3.92. The zero-order chi connectivity index (χ0) is 14.0. The van der Waals surface area contributed by atoms with Crippen LogP contribution in [0.25, 0.3) is 0 Å². The first-order valence-electron chi connectivity index (χ1n) is 5.45. The first-order chi connectivity index (χ1) is 8.90. The van der Waals surface area contributed by atoms with E-state index < -0.39 is 10.0 Å². The van der Waals surface area contributed by atoms with Gasteiger partial charge in [0.25, 0.3) is 10.0 Å². The molecule has 0 saturated heterocycles. The van der Waals surface area contributed by atoms with Crippen LogP contribution in [0.3, 0.4) is 0 Å². The summed E-state index contributed by atoms with van der Waals surface area (Å²) < 4.78 is 28.5. The third-order valence-electron chi connectivity index (χ3n) is 2.46. The molecule has 3 N–H and O–H groups in total. The minimum absolute atomic E-state index is 0.156. The Morgan fingerprint density at radius 3 is 2.79 bits per heavy atom. The molecular formula is C9H14N6O2S2. The van der Waals surface area contributed by atoms with Crippen molar-refractivity contribution in [3.05, 3.63) is 17.8 Å². The molecule has 0 radical (unpaired) electrons. The number of rotatable bonds is 5. The van der Waals surface area contributed by atoms with E-state index in [0.29, 0.717) is 17.9 Å². The number of nitrogen functional groups attached to an aromatic ring is 1. The van der Waals surface area contributed by atoms with Gasteiger partial charge in [0.05, 0.1) is 5.69 Å². The number of hydrogen-bond donors (Lipinski definition) is 2. The van der Waals surface area contributed by atoms with Gasteiger partial charge in [0.2, 0.25) is 0 Å². The molecule has 10 heteroatoms. The van der Waals surface area contributed by atoms with E-state index in [2.05, 4.69) is 19.9 Å². The lowest BCUT2D eigenvalue weighted by Crippen LogP contribution is -2.26. The van der Waals surface area contributed by atoms with Crippen LogP contribution in [0.15, 0.2) is 10.5 Å². The summed E-state index contributed by atoms with van der Waals surface area (Å²) in [5.41, 5.74) is 5.91. The highest BCUT2D eigenvalue weighted by Crippen LogP contribution is 2.24. The van der Waals surface area contributed by atoms with Gasteiger partial charge in [0, 0.05) is 20.0 Å². The number of thiazole rings is 1. The molecule has 104 valence electrons. The Morgan fingerprint density at radius 1 is 1.53 bits per heavy atom. The van der Waals surface area contributed by atoms with Crippen LogP contribution < -0.4 is 10.5 Å². The van der Waals surface area contributed by atoms with Crippen molar-refractivity contribution in [3.63, 3.8) is 0 Å². The lowest BCUT2D eigenvalue weighted by atomic mass is 10.4. The summed E-state index contributed by atoms with van der Waals surface area (Å²) in [6.07, 6.45) is 2.03. The molecule has 2 rings (SSSR count). The smallest absolute Gasteiger partial charge is 0.252 e. The quantitative estimate of drug-likeness (QED) is 0.782. The lowest BCUT2D eigenvalue weighted by molar-refractivity contribution is 0.581. The highest BCUT2D eigenvalue weighted by Gasteiger charge is 2.20. The Kier molecular flexibility index (Phi) is 3.83. The number of sulfonamides is 1. The van der Waals surface area contributed by atoms with Gasteiger partial charge >= 0.3 is 0 Å². The molecule has 0 saturated carbocycles. The van der Waals surface area contributed by atoms with Gasteiger partial charge in [-0.3, -0.25) is 0 Å². The average Bonchev–Trinajstić information content (AvgIpc) is 2.86.